The Labute approximate surface area is 277 Å². The number of ether oxygens (including phenoxy) is 1. The van der Waals surface area contributed by atoms with Crippen LogP contribution in [-0.2, 0) is 11.3 Å². The molecule has 4 aliphatic rings. The van der Waals surface area contributed by atoms with E-state index in [1.807, 2.05) is 11.0 Å². The molecular formula is C33H33F3N8O3S. The Morgan fingerprint density at radius 3 is 2.88 bits per heavy atom. The zero-order valence-corrected chi connectivity index (χ0v) is 27.0. The number of carbonyl (C=O) groups is 1. The third-order valence-electron chi connectivity index (χ3n) is 10.5. The molecule has 1 aliphatic carbocycles. The molecule has 3 aliphatic heterocycles. The van der Waals surface area contributed by atoms with Gasteiger partial charge in [0.1, 0.15) is 40.7 Å². The van der Waals surface area contributed by atoms with E-state index in [1.54, 1.807) is 0 Å². The lowest BCUT2D eigenvalue weighted by Gasteiger charge is -2.36. The molecule has 1 aromatic carbocycles. The van der Waals surface area contributed by atoms with Crippen molar-refractivity contribution >= 4 is 49.2 Å². The first kappa shape index (κ1) is 30.9. The van der Waals surface area contributed by atoms with E-state index >= 15 is 4.39 Å². The third-order valence-corrected chi connectivity index (χ3v) is 11.5. The monoisotopic (exact) mass is 678 g/mol. The number of benzene rings is 1. The number of rotatable bonds is 6. The van der Waals surface area contributed by atoms with E-state index in [4.69, 9.17) is 15.5 Å². The molecule has 4 atom stereocenters. The molecule has 15 heteroatoms. The Kier molecular flexibility index (Phi) is 7.29. The number of thiophene rings is 1. The van der Waals surface area contributed by atoms with E-state index in [-0.39, 0.29) is 80.0 Å². The van der Waals surface area contributed by atoms with Crippen LogP contribution in [0.25, 0.3) is 32.2 Å². The van der Waals surface area contributed by atoms with Gasteiger partial charge in [0.15, 0.2) is 11.6 Å². The number of anilines is 2. The van der Waals surface area contributed by atoms with Crippen LogP contribution in [0.5, 0.6) is 6.01 Å². The first-order valence-electron chi connectivity index (χ1n) is 16.2. The first-order valence-corrected chi connectivity index (χ1v) is 17.0. The van der Waals surface area contributed by atoms with Gasteiger partial charge in [0.2, 0.25) is 5.91 Å². The fourth-order valence-electron chi connectivity index (χ4n) is 8.47. The fourth-order valence-corrected chi connectivity index (χ4v) is 9.42. The third kappa shape index (κ3) is 4.71. The molecule has 3 fully saturated rings. The summed E-state index contributed by atoms with van der Waals surface area (Å²) < 4.78 is 54.2. The number of halogens is 3. The largest absolute Gasteiger partial charge is 0.461 e. The van der Waals surface area contributed by atoms with Crippen LogP contribution < -0.4 is 26.2 Å². The zero-order valence-electron chi connectivity index (χ0n) is 26.2. The number of nitrogens with two attached hydrogens (primary N) is 1. The number of fused-ring (bicyclic) bond motifs is 2. The maximum Gasteiger partial charge on any atom is 0.319 e. The molecule has 1 saturated carbocycles. The van der Waals surface area contributed by atoms with E-state index in [2.05, 4.69) is 15.2 Å². The maximum atomic E-state index is 17.0. The van der Waals surface area contributed by atoms with Gasteiger partial charge in [-0.2, -0.15) is 15.2 Å². The summed E-state index contributed by atoms with van der Waals surface area (Å²) in [5, 5.41) is 13.0. The molecule has 11 nitrogen and oxygen atoms in total. The summed E-state index contributed by atoms with van der Waals surface area (Å²) in [5.41, 5.74) is 4.60. The molecule has 0 radical (unpaired) electrons. The summed E-state index contributed by atoms with van der Waals surface area (Å²) in [6, 6.07) is 4.24. The Morgan fingerprint density at radius 1 is 1.25 bits per heavy atom. The predicted molar refractivity (Wildman–Crippen MR) is 175 cm³/mol. The molecule has 8 rings (SSSR count). The quantitative estimate of drug-likeness (QED) is 0.306. The predicted octanol–water partition coefficient (Wildman–Crippen LogP) is 4.24. The highest BCUT2D eigenvalue weighted by Gasteiger charge is 2.49. The summed E-state index contributed by atoms with van der Waals surface area (Å²) in [5.74, 6) is -1.36. The fraction of sp³-hybridized carbons (Fsp3) is 0.485. The van der Waals surface area contributed by atoms with Crippen molar-refractivity contribution in [2.24, 2.45) is 0 Å². The highest BCUT2D eigenvalue weighted by molar-refractivity contribution is 7.23. The number of amides is 1. The number of nitrogens with zero attached hydrogens (tertiary/aromatic N) is 6. The van der Waals surface area contributed by atoms with E-state index < -0.39 is 28.9 Å². The normalized spacial score (nSPS) is 25.1. The van der Waals surface area contributed by atoms with Crippen molar-refractivity contribution in [1.29, 1.82) is 5.26 Å². The lowest BCUT2D eigenvalue weighted by Crippen LogP contribution is -2.44. The molecule has 2 saturated heterocycles. The molecule has 0 spiro atoms. The number of nitrogens with one attached hydrogen (secondary N) is 1. The SMILES string of the molecule is CC(=O)NC1CCC(N2CCn3c(=O)c(-c4ccc(F)c5sc(N)c(C#N)c45)c(F)c4nc(OC[C@@]56CCCN5C[C@H](F)C6)nc2c43)C1. The average Bonchev–Trinajstić information content (AvgIpc) is 3.81. The Morgan fingerprint density at radius 2 is 2.08 bits per heavy atom. The Balaban J connectivity index is 1.30. The van der Waals surface area contributed by atoms with Crippen LogP contribution in [0.1, 0.15) is 51.0 Å². The Bertz CT molecular complexity index is 2110. The van der Waals surface area contributed by atoms with Crippen molar-refractivity contribution in [3.05, 3.63) is 39.7 Å². The highest BCUT2D eigenvalue weighted by atomic mass is 32.1. The van der Waals surface area contributed by atoms with E-state index in [0.717, 1.165) is 49.6 Å². The van der Waals surface area contributed by atoms with E-state index in [1.165, 1.54) is 17.6 Å². The summed E-state index contributed by atoms with van der Waals surface area (Å²) in [7, 11) is 0. The van der Waals surface area contributed by atoms with Gasteiger partial charge in [-0.15, -0.1) is 11.3 Å². The number of hydrogen-bond donors (Lipinski definition) is 2. The Hall–Kier alpha value is -4.42. The van der Waals surface area contributed by atoms with Crippen molar-refractivity contribution in [2.75, 3.05) is 36.9 Å². The number of hydrogen-bond acceptors (Lipinski definition) is 10. The molecule has 3 N–H and O–H groups in total. The highest BCUT2D eigenvalue weighted by Crippen LogP contribution is 2.44. The molecule has 0 bridgehead atoms. The molecular weight excluding hydrogens is 645 g/mol. The van der Waals surface area contributed by atoms with Gasteiger partial charge in [-0.3, -0.25) is 14.5 Å². The van der Waals surface area contributed by atoms with E-state index in [9.17, 15) is 23.6 Å². The number of nitriles is 1. The van der Waals surface area contributed by atoms with Crippen molar-refractivity contribution in [1.82, 2.24) is 24.8 Å². The van der Waals surface area contributed by atoms with Gasteiger partial charge in [-0.1, -0.05) is 6.07 Å². The minimum absolute atomic E-state index is 0.0273. The molecule has 3 aromatic heterocycles. The smallest absolute Gasteiger partial charge is 0.319 e. The van der Waals surface area contributed by atoms with Crippen LogP contribution in [0.3, 0.4) is 0 Å². The minimum Gasteiger partial charge on any atom is -0.461 e. The van der Waals surface area contributed by atoms with Gasteiger partial charge < -0.3 is 25.3 Å². The molecule has 4 aromatic rings. The lowest BCUT2D eigenvalue weighted by molar-refractivity contribution is -0.119. The number of pyridine rings is 1. The average molecular weight is 679 g/mol. The number of nitrogen functional groups attached to an aromatic ring is 1. The second kappa shape index (κ2) is 11.3. The molecule has 250 valence electrons. The first-order chi connectivity index (χ1) is 23.1. The molecule has 1 amide bonds. The van der Waals surface area contributed by atoms with Crippen LogP contribution in [0.4, 0.5) is 24.0 Å². The van der Waals surface area contributed by atoms with Crippen LogP contribution in [-0.4, -0.2) is 75.4 Å². The van der Waals surface area contributed by atoms with Gasteiger partial charge in [0.05, 0.1) is 21.4 Å². The molecule has 6 heterocycles. The van der Waals surface area contributed by atoms with Gasteiger partial charge in [-0.25, -0.2) is 13.2 Å². The molecule has 48 heavy (non-hydrogen) atoms. The number of alkyl halides is 1. The zero-order chi connectivity index (χ0) is 33.5. The summed E-state index contributed by atoms with van der Waals surface area (Å²) in [6.45, 7) is 3.28. The topological polar surface area (TPSA) is 142 Å². The van der Waals surface area contributed by atoms with Crippen LogP contribution >= 0.6 is 11.3 Å². The van der Waals surface area contributed by atoms with Crippen LogP contribution in [0.15, 0.2) is 16.9 Å². The number of aromatic nitrogens is 3. The molecule has 2 unspecified atom stereocenters. The van der Waals surface area contributed by atoms with Gasteiger partial charge in [-0.05, 0) is 44.7 Å². The lowest BCUT2D eigenvalue weighted by atomic mass is 9.95. The van der Waals surface area contributed by atoms with Crippen molar-refractivity contribution in [3.63, 3.8) is 0 Å². The number of carbonyl (C=O) groups excluding carboxylic acids is 1. The van der Waals surface area contributed by atoms with Gasteiger partial charge in [0, 0.05) is 56.0 Å². The summed E-state index contributed by atoms with van der Waals surface area (Å²) in [4.78, 5) is 39.4. The van der Waals surface area contributed by atoms with Crippen LogP contribution in [0, 0.1) is 23.0 Å². The van der Waals surface area contributed by atoms with Crippen LogP contribution in [0.2, 0.25) is 0 Å². The van der Waals surface area contributed by atoms with Crippen molar-refractivity contribution in [2.45, 2.75) is 75.8 Å². The maximum absolute atomic E-state index is 17.0. The minimum atomic E-state index is -0.964. The summed E-state index contributed by atoms with van der Waals surface area (Å²) in [6.07, 6.45) is 3.19. The van der Waals surface area contributed by atoms with Gasteiger partial charge in [0.25, 0.3) is 5.56 Å². The van der Waals surface area contributed by atoms with Crippen molar-refractivity contribution in [3.8, 4) is 23.2 Å². The summed E-state index contributed by atoms with van der Waals surface area (Å²) >= 11 is 0.864. The standard InChI is InChI=1S/C33H33F3N8O3S/c1-16(45)39-18-3-4-19(11-18)43-9-10-44-27-26(40-32(41-30(27)43)47-15-33-7-2-8-42(33)14-17(34)12-33)25(36)24(31(44)46)20-5-6-22(35)28-23(20)21(13-37)29(38)48-28/h5-6,17-19H,2-4,7-12,14-15,38H2,1H3,(H,39,45)/t17-,18?,19?,33+/m1/s1. The second-order valence-electron chi connectivity index (χ2n) is 13.3. The van der Waals surface area contributed by atoms with Crippen molar-refractivity contribution < 1.29 is 22.7 Å². The van der Waals surface area contributed by atoms with E-state index in [0.29, 0.717) is 31.7 Å². The second-order valence-corrected chi connectivity index (χ2v) is 14.4. The van der Waals surface area contributed by atoms with Gasteiger partial charge >= 0.3 is 6.01 Å².